The second-order valence-corrected chi connectivity index (χ2v) is 7.58. The fraction of sp³-hybridized carbons (Fsp3) is 0.0870. The third-order valence-corrected chi connectivity index (χ3v) is 5.62. The highest BCUT2D eigenvalue weighted by molar-refractivity contribution is 6.38. The molecule has 2 heterocycles. The fourth-order valence-corrected chi connectivity index (χ4v) is 4.41. The van der Waals surface area contributed by atoms with E-state index >= 15 is 0 Å². The number of aromatic nitrogens is 1. The van der Waals surface area contributed by atoms with Gasteiger partial charge in [0.05, 0.1) is 10.4 Å². The summed E-state index contributed by atoms with van der Waals surface area (Å²) in [5.41, 5.74) is 3.35. The van der Waals surface area contributed by atoms with Crippen LogP contribution in [0.3, 0.4) is 0 Å². The maximum Gasteiger partial charge on any atom is 0.193 e. The first-order chi connectivity index (χ1) is 13.6. The van der Waals surface area contributed by atoms with Crippen LogP contribution < -0.4 is 5.43 Å². The molecule has 5 heteroatoms. The number of halogens is 2. The van der Waals surface area contributed by atoms with Crippen LogP contribution in [0.5, 0.6) is 0 Å². The van der Waals surface area contributed by atoms with Crippen LogP contribution >= 0.6 is 23.2 Å². The van der Waals surface area contributed by atoms with E-state index in [0.717, 1.165) is 23.0 Å². The molecule has 0 radical (unpaired) electrons. The van der Waals surface area contributed by atoms with Gasteiger partial charge in [-0.25, -0.2) is 0 Å². The highest BCUT2D eigenvalue weighted by Crippen LogP contribution is 2.34. The zero-order valence-electron chi connectivity index (χ0n) is 15.0. The molecule has 0 aliphatic rings. The Morgan fingerprint density at radius 2 is 1.68 bits per heavy atom. The molecule has 0 aliphatic heterocycles. The van der Waals surface area contributed by atoms with Gasteiger partial charge in [0.2, 0.25) is 0 Å². The molecule has 0 unspecified atom stereocenters. The minimum Gasteiger partial charge on any atom is -0.454 e. The number of para-hydroxylation sites is 1. The summed E-state index contributed by atoms with van der Waals surface area (Å²) in [4.78, 5) is 12.6. The van der Waals surface area contributed by atoms with Crippen molar-refractivity contribution in [1.82, 2.24) is 4.57 Å². The predicted octanol–water partition coefficient (Wildman–Crippen LogP) is 6.89. The van der Waals surface area contributed by atoms with Crippen molar-refractivity contribution in [3.63, 3.8) is 0 Å². The zero-order valence-corrected chi connectivity index (χ0v) is 16.5. The lowest BCUT2D eigenvalue weighted by molar-refractivity contribution is 0.619. The Morgan fingerprint density at radius 3 is 2.50 bits per heavy atom. The summed E-state index contributed by atoms with van der Waals surface area (Å²) < 4.78 is 8.29. The lowest BCUT2D eigenvalue weighted by Gasteiger charge is -2.06. The van der Waals surface area contributed by atoms with E-state index in [1.807, 2.05) is 18.2 Å². The molecule has 0 saturated carbocycles. The second-order valence-electron chi connectivity index (χ2n) is 6.73. The number of aryl methyl sites for hydroxylation is 1. The monoisotopic (exact) mass is 407 g/mol. The van der Waals surface area contributed by atoms with Gasteiger partial charge in [0, 0.05) is 45.0 Å². The van der Waals surface area contributed by atoms with Crippen molar-refractivity contribution in [1.29, 1.82) is 0 Å². The van der Waals surface area contributed by atoms with E-state index in [-0.39, 0.29) is 5.43 Å². The Balaban J connectivity index is 1.80. The molecule has 5 rings (SSSR count). The van der Waals surface area contributed by atoms with Crippen LogP contribution in [0, 0.1) is 0 Å². The molecule has 3 nitrogen and oxygen atoms in total. The Kier molecular flexibility index (Phi) is 3.97. The standard InChI is InChI=1S/C23H15Cl2NO2/c1-2-26-19-6-4-3-5-15(19)16-9-13(7-8-20(16)26)22-12-21(27)17-10-14(24)11-18(25)23(17)28-22/h3-12H,2H2,1H3. The number of nitrogens with zero attached hydrogens (tertiary/aromatic N) is 1. The van der Waals surface area contributed by atoms with Crippen LogP contribution in [0.25, 0.3) is 44.1 Å². The number of benzene rings is 3. The number of hydrogen-bond acceptors (Lipinski definition) is 2. The van der Waals surface area contributed by atoms with Crippen LogP contribution in [0.15, 0.2) is 69.9 Å². The van der Waals surface area contributed by atoms with Gasteiger partial charge in [-0.05, 0) is 43.3 Å². The van der Waals surface area contributed by atoms with Crippen molar-refractivity contribution in [3.05, 3.63) is 80.9 Å². The van der Waals surface area contributed by atoms with Gasteiger partial charge in [-0.15, -0.1) is 0 Å². The summed E-state index contributed by atoms with van der Waals surface area (Å²) >= 11 is 12.3. The zero-order chi connectivity index (χ0) is 19.4. The molecule has 0 bridgehead atoms. The van der Waals surface area contributed by atoms with Crippen LogP contribution in [0.4, 0.5) is 0 Å². The molecule has 0 atom stereocenters. The van der Waals surface area contributed by atoms with E-state index in [1.165, 1.54) is 17.0 Å². The maximum atomic E-state index is 12.6. The highest BCUT2D eigenvalue weighted by Gasteiger charge is 2.14. The van der Waals surface area contributed by atoms with Crippen molar-refractivity contribution in [2.24, 2.45) is 0 Å². The van der Waals surface area contributed by atoms with E-state index in [9.17, 15) is 4.79 Å². The highest BCUT2D eigenvalue weighted by atomic mass is 35.5. The predicted molar refractivity (Wildman–Crippen MR) is 117 cm³/mol. The first-order valence-electron chi connectivity index (χ1n) is 9.01. The van der Waals surface area contributed by atoms with Crippen molar-refractivity contribution in [2.45, 2.75) is 13.5 Å². The van der Waals surface area contributed by atoms with Gasteiger partial charge in [-0.2, -0.15) is 0 Å². The van der Waals surface area contributed by atoms with E-state index in [4.69, 9.17) is 27.6 Å². The van der Waals surface area contributed by atoms with Gasteiger partial charge >= 0.3 is 0 Å². The summed E-state index contributed by atoms with van der Waals surface area (Å²) in [5.74, 6) is 0.483. The first kappa shape index (κ1) is 17.4. The average Bonchev–Trinajstić information content (AvgIpc) is 3.01. The number of rotatable bonds is 2. The van der Waals surface area contributed by atoms with Crippen molar-refractivity contribution in [3.8, 4) is 11.3 Å². The third kappa shape index (κ3) is 2.55. The van der Waals surface area contributed by atoms with Crippen LogP contribution in [-0.4, -0.2) is 4.57 Å². The largest absolute Gasteiger partial charge is 0.454 e. The second kappa shape index (κ2) is 6.40. The lowest BCUT2D eigenvalue weighted by atomic mass is 10.1. The smallest absolute Gasteiger partial charge is 0.193 e. The van der Waals surface area contributed by atoms with Crippen LogP contribution in [0.1, 0.15) is 6.92 Å². The van der Waals surface area contributed by atoms with Crippen molar-refractivity contribution < 1.29 is 4.42 Å². The van der Waals surface area contributed by atoms with Gasteiger partial charge in [-0.1, -0.05) is 41.4 Å². The van der Waals surface area contributed by atoms with Gasteiger partial charge < -0.3 is 8.98 Å². The van der Waals surface area contributed by atoms with Crippen LogP contribution in [-0.2, 0) is 6.54 Å². The maximum absolute atomic E-state index is 12.6. The molecule has 138 valence electrons. The van der Waals surface area contributed by atoms with Crippen molar-refractivity contribution >= 4 is 56.0 Å². The van der Waals surface area contributed by atoms with E-state index < -0.39 is 0 Å². The molecular formula is C23H15Cl2NO2. The molecule has 28 heavy (non-hydrogen) atoms. The summed E-state index contributed by atoms with van der Waals surface area (Å²) in [6.07, 6.45) is 0. The number of fused-ring (bicyclic) bond motifs is 4. The Hall–Kier alpha value is -2.75. The normalized spacial score (nSPS) is 11.7. The molecular weight excluding hydrogens is 393 g/mol. The third-order valence-electron chi connectivity index (χ3n) is 5.12. The Morgan fingerprint density at radius 1 is 0.893 bits per heavy atom. The minimum atomic E-state index is -0.170. The van der Waals surface area contributed by atoms with Crippen LogP contribution in [0.2, 0.25) is 10.0 Å². The summed E-state index contributed by atoms with van der Waals surface area (Å²) in [7, 11) is 0. The molecule has 0 N–H and O–H groups in total. The molecule has 5 aromatic rings. The van der Waals surface area contributed by atoms with E-state index in [0.29, 0.717) is 26.8 Å². The Labute approximate surface area is 170 Å². The molecule has 0 spiro atoms. The number of hydrogen-bond donors (Lipinski definition) is 0. The molecule has 0 aliphatic carbocycles. The molecule has 0 saturated heterocycles. The van der Waals surface area contributed by atoms with Gasteiger partial charge in [-0.3, -0.25) is 4.79 Å². The SMILES string of the molecule is CCn1c2ccccc2c2cc(-c3cc(=O)c4cc(Cl)cc(Cl)c4o3)ccc21. The molecule has 0 amide bonds. The van der Waals surface area contributed by atoms with Crippen molar-refractivity contribution in [2.75, 3.05) is 0 Å². The first-order valence-corrected chi connectivity index (χ1v) is 9.76. The summed E-state index contributed by atoms with van der Waals surface area (Å²) in [6, 6.07) is 19.1. The molecule has 0 fully saturated rings. The minimum absolute atomic E-state index is 0.170. The summed E-state index contributed by atoms with van der Waals surface area (Å²) in [5, 5.41) is 3.41. The van der Waals surface area contributed by atoms with Gasteiger partial charge in [0.15, 0.2) is 11.0 Å². The van der Waals surface area contributed by atoms with E-state index in [1.54, 1.807) is 12.1 Å². The Bertz CT molecular complexity index is 1450. The van der Waals surface area contributed by atoms with Gasteiger partial charge in [0.25, 0.3) is 0 Å². The van der Waals surface area contributed by atoms with Gasteiger partial charge in [0.1, 0.15) is 5.76 Å². The fourth-order valence-electron chi connectivity index (χ4n) is 3.87. The quantitative estimate of drug-likeness (QED) is 0.319. The van der Waals surface area contributed by atoms with E-state index in [2.05, 4.69) is 35.8 Å². The topological polar surface area (TPSA) is 35.1 Å². The molecule has 2 aromatic heterocycles. The molecule has 3 aromatic carbocycles. The summed E-state index contributed by atoms with van der Waals surface area (Å²) in [6.45, 7) is 3.01. The average molecular weight is 408 g/mol. The lowest BCUT2D eigenvalue weighted by Crippen LogP contribution is -2.00.